The maximum Gasteiger partial charge on any atom is 0.188 e. The van der Waals surface area contributed by atoms with Gasteiger partial charge in [-0.2, -0.15) is 0 Å². The van der Waals surface area contributed by atoms with E-state index >= 15 is 0 Å². The molecule has 0 aromatic heterocycles. The summed E-state index contributed by atoms with van der Waals surface area (Å²) >= 11 is 0. The van der Waals surface area contributed by atoms with Gasteiger partial charge in [0, 0.05) is 19.8 Å². The minimum Gasteiger partial charge on any atom is -0.493 e. The van der Waals surface area contributed by atoms with Crippen LogP contribution in [0.5, 0.6) is 23.0 Å². The molecule has 7 heteroatoms. The molecule has 2 aromatic rings. The van der Waals surface area contributed by atoms with Gasteiger partial charge >= 0.3 is 0 Å². The van der Waals surface area contributed by atoms with Gasteiger partial charge in [0.1, 0.15) is 0 Å². The van der Waals surface area contributed by atoms with Gasteiger partial charge in [0.2, 0.25) is 0 Å². The minimum atomic E-state index is -0.171. The lowest BCUT2D eigenvalue weighted by Gasteiger charge is -2.11. The molecule has 0 spiro atoms. The van der Waals surface area contributed by atoms with Crippen molar-refractivity contribution in [3.05, 3.63) is 53.6 Å². The van der Waals surface area contributed by atoms with Crippen molar-refractivity contribution in [1.82, 2.24) is 0 Å². The first-order chi connectivity index (χ1) is 13.6. The van der Waals surface area contributed by atoms with Crippen molar-refractivity contribution in [3.8, 4) is 23.0 Å². The topological polar surface area (TPSA) is 72.5 Å². The number of carbonyl (C=O) groups excluding carboxylic acids is 1. The zero-order valence-electron chi connectivity index (χ0n) is 16.4. The van der Waals surface area contributed by atoms with Crippen LogP contribution in [-0.4, -0.2) is 47.8 Å². The van der Waals surface area contributed by atoms with Crippen LogP contribution in [0.25, 0.3) is 6.08 Å². The summed E-state index contributed by atoms with van der Waals surface area (Å²) in [5.41, 5.74) is 1.27. The molecule has 0 unspecified atom stereocenters. The van der Waals surface area contributed by atoms with Crippen LogP contribution in [0.4, 0.5) is 0 Å². The number of rotatable bonds is 11. The molecule has 28 heavy (non-hydrogen) atoms. The van der Waals surface area contributed by atoms with Crippen LogP contribution >= 0.6 is 0 Å². The monoisotopic (exact) mass is 388 g/mol. The maximum atomic E-state index is 12.5. The number of methoxy groups -OCH3 is 4. The van der Waals surface area contributed by atoms with Gasteiger partial charge in [-0.05, 0) is 42.0 Å². The Morgan fingerprint density at radius 2 is 1.36 bits per heavy atom. The summed E-state index contributed by atoms with van der Waals surface area (Å²) in [7, 11) is 6.13. The van der Waals surface area contributed by atoms with Crippen molar-refractivity contribution in [2.24, 2.45) is 0 Å². The quantitative estimate of drug-likeness (QED) is 0.331. The molecule has 0 aliphatic heterocycles. The van der Waals surface area contributed by atoms with Gasteiger partial charge in [0.05, 0.1) is 14.2 Å². The fourth-order valence-corrected chi connectivity index (χ4v) is 2.36. The Morgan fingerprint density at radius 3 is 1.93 bits per heavy atom. The lowest BCUT2D eigenvalue weighted by molar-refractivity contribution is 0.0490. The smallest absolute Gasteiger partial charge is 0.188 e. The molecule has 2 aromatic carbocycles. The van der Waals surface area contributed by atoms with Gasteiger partial charge in [0.15, 0.2) is 42.4 Å². The molecular weight excluding hydrogens is 364 g/mol. The van der Waals surface area contributed by atoms with Crippen molar-refractivity contribution in [2.75, 3.05) is 42.0 Å². The van der Waals surface area contributed by atoms with Gasteiger partial charge < -0.3 is 28.4 Å². The van der Waals surface area contributed by atoms with E-state index in [-0.39, 0.29) is 19.4 Å². The Kier molecular flexibility index (Phi) is 8.33. The van der Waals surface area contributed by atoms with Crippen molar-refractivity contribution in [1.29, 1.82) is 0 Å². The summed E-state index contributed by atoms with van der Waals surface area (Å²) in [6, 6.07) is 10.3. The molecule has 0 aliphatic rings. The molecule has 0 amide bonds. The molecule has 7 nitrogen and oxygen atoms in total. The van der Waals surface area contributed by atoms with E-state index < -0.39 is 0 Å². The maximum absolute atomic E-state index is 12.5. The van der Waals surface area contributed by atoms with Crippen molar-refractivity contribution in [3.63, 3.8) is 0 Å². The molecule has 0 aliphatic carbocycles. The van der Waals surface area contributed by atoms with Crippen LogP contribution in [-0.2, 0) is 9.47 Å². The Labute approximate surface area is 164 Å². The van der Waals surface area contributed by atoms with Crippen LogP contribution in [0, 0.1) is 0 Å². The second-order valence-electron chi connectivity index (χ2n) is 5.58. The Morgan fingerprint density at radius 1 is 0.786 bits per heavy atom. The fourth-order valence-electron chi connectivity index (χ4n) is 2.36. The van der Waals surface area contributed by atoms with E-state index in [4.69, 9.17) is 28.4 Å². The van der Waals surface area contributed by atoms with Crippen molar-refractivity contribution >= 4 is 11.9 Å². The normalized spacial score (nSPS) is 10.7. The summed E-state index contributed by atoms with van der Waals surface area (Å²) < 4.78 is 31.2. The molecule has 150 valence electrons. The van der Waals surface area contributed by atoms with Crippen molar-refractivity contribution < 1.29 is 33.2 Å². The van der Waals surface area contributed by atoms with Gasteiger partial charge in [0.25, 0.3) is 0 Å². The third-order valence-corrected chi connectivity index (χ3v) is 3.73. The molecule has 0 atom stereocenters. The number of allylic oxidation sites excluding steroid dienone is 1. The fraction of sp³-hybridized carbons (Fsp3) is 0.286. The molecule has 0 fully saturated rings. The SMILES string of the molecule is COCOc1ccc(C=CC(=O)c2ccc(OCOC)c(OC)c2)cc1OC. The average Bonchev–Trinajstić information content (AvgIpc) is 2.74. The Hall–Kier alpha value is -3.03. The third kappa shape index (κ3) is 5.73. The first kappa shape index (κ1) is 21.3. The highest BCUT2D eigenvalue weighted by atomic mass is 16.7. The average molecular weight is 388 g/mol. The summed E-state index contributed by atoms with van der Waals surface area (Å²) in [5, 5.41) is 0. The zero-order valence-corrected chi connectivity index (χ0v) is 16.4. The van der Waals surface area contributed by atoms with Crippen LogP contribution in [0.1, 0.15) is 15.9 Å². The highest BCUT2D eigenvalue weighted by Gasteiger charge is 2.10. The van der Waals surface area contributed by atoms with Gasteiger partial charge in [-0.25, -0.2) is 0 Å². The summed E-state index contributed by atoms with van der Waals surface area (Å²) in [4.78, 5) is 12.5. The van der Waals surface area contributed by atoms with Crippen LogP contribution in [0.2, 0.25) is 0 Å². The number of carbonyl (C=O) groups is 1. The van der Waals surface area contributed by atoms with E-state index in [2.05, 4.69) is 0 Å². The van der Waals surface area contributed by atoms with Crippen LogP contribution in [0.15, 0.2) is 42.5 Å². The molecule has 0 heterocycles. The molecular formula is C21H24O7. The Bertz CT molecular complexity index is 814. The summed E-state index contributed by atoms with van der Waals surface area (Å²) in [5.74, 6) is 1.89. The lowest BCUT2D eigenvalue weighted by Crippen LogP contribution is -2.02. The van der Waals surface area contributed by atoms with Gasteiger partial charge in [-0.15, -0.1) is 0 Å². The summed E-state index contributed by atoms with van der Waals surface area (Å²) in [6.45, 7) is 0.214. The van der Waals surface area contributed by atoms with Crippen molar-refractivity contribution in [2.45, 2.75) is 0 Å². The van der Waals surface area contributed by atoms with E-state index in [0.717, 1.165) is 5.56 Å². The number of hydrogen-bond acceptors (Lipinski definition) is 7. The first-order valence-corrected chi connectivity index (χ1v) is 8.45. The van der Waals surface area contributed by atoms with E-state index in [1.54, 1.807) is 50.6 Å². The second kappa shape index (κ2) is 11.0. The van der Waals surface area contributed by atoms with E-state index in [1.165, 1.54) is 20.3 Å². The van der Waals surface area contributed by atoms with E-state index in [0.29, 0.717) is 28.6 Å². The highest BCUT2D eigenvalue weighted by Crippen LogP contribution is 2.30. The third-order valence-electron chi connectivity index (χ3n) is 3.73. The van der Waals surface area contributed by atoms with Gasteiger partial charge in [-0.1, -0.05) is 12.1 Å². The number of ether oxygens (including phenoxy) is 6. The van der Waals surface area contributed by atoms with E-state index in [1.807, 2.05) is 6.07 Å². The Balaban J connectivity index is 2.14. The predicted octanol–water partition coefficient (Wildman–Crippen LogP) is 3.57. The number of hydrogen-bond donors (Lipinski definition) is 0. The lowest BCUT2D eigenvalue weighted by atomic mass is 10.1. The molecule has 0 N–H and O–H groups in total. The largest absolute Gasteiger partial charge is 0.493 e. The number of benzene rings is 2. The zero-order chi connectivity index (χ0) is 20.4. The van der Waals surface area contributed by atoms with Crippen LogP contribution in [0.3, 0.4) is 0 Å². The minimum absolute atomic E-state index is 0.0927. The molecule has 0 bridgehead atoms. The molecule has 2 rings (SSSR count). The van der Waals surface area contributed by atoms with Crippen LogP contribution < -0.4 is 18.9 Å². The van der Waals surface area contributed by atoms with E-state index in [9.17, 15) is 4.79 Å². The predicted molar refractivity (Wildman–Crippen MR) is 104 cm³/mol. The first-order valence-electron chi connectivity index (χ1n) is 8.45. The molecule has 0 saturated heterocycles. The highest BCUT2D eigenvalue weighted by molar-refractivity contribution is 6.07. The van der Waals surface area contributed by atoms with Gasteiger partial charge in [-0.3, -0.25) is 4.79 Å². The summed E-state index contributed by atoms with van der Waals surface area (Å²) in [6.07, 6.45) is 3.18. The molecule has 0 saturated carbocycles. The molecule has 0 radical (unpaired) electrons. The second-order valence-corrected chi connectivity index (χ2v) is 5.58. The number of ketones is 1. The standard InChI is InChI=1S/C21H24O7/c1-23-13-27-18-9-6-15(11-20(18)25-3)5-8-17(22)16-7-10-19(28-14-24-2)21(12-16)26-4/h5-12H,13-14H2,1-4H3.